The first kappa shape index (κ1) is 25.1. The Hall–Kier alpha value is -3.56. The number of carbonyl (C=O) groups is 3. The van der Waals surface area contributed by atoms with E-state index < -0.39 is 43.3 Å². The number of rotatable bonds is 9. The molecule has 1 atom stereocenters. The molecule has 1 aliphatic carbocycles. The highest BCUT2D eigenvalue weighted by atomic mass is 19.4. The number of alkyl carbamates (subject to hydrolysis) is 1. The largest absolute Gasteiger partial charge is 0.480 e. The number of carboxylic acid groups (broad SMARTS) is 1. The van der Waals surface area contributed by atoms with Gasteiger partial charge in [-0.2, -0.15) is 13.2 Å². The average molecular weight is 478 g/mol. The minimum atomic E-state index is -4.71. The number of aliphatic carboxylic acids is 1. The van der Waals surface area contributed by atoms with Crippen LogP contribution in [0.5, 0.6) is 0 Å². The lowest BCUT2D eigenvalue weighted by atomic mass is 9.98. The predicted molar refractivity (Wildman–Crippen MR) is 117 cm³/mol. The molecule has 2 amide bonds. The van der Waals surface area contributed by atoms with Crippen LogP contribution >= 0.6 is 0 Å². The van der Waals surface area contributed by atoms with Gasteiger partial charge in [0.25, 0.3) is 0 Å². The number of hydrogen-bond donors (Lipinski definition) is 2. The van der Waals surface area contributed by atoms with E-state index in [0.29, 0.717) is 0 Å². The van der Waals surface area contributed by atoms with Gasteiger partial charge in [-0.25, -0.2) is 4.79 Å². The maximum atomic E-state index is 12.6. The third kappa shape index (κ3) is 6.49. The van der Waals surface area contributed by atoms with Gasteiger partial charge in [-0.3, -0.25) is 9.59 Å². The second-order valence-electron chi connectivity index (χ2n) is 8.17. The molecule has 1 unspecified atom stereocenters. The van der Waals surface area contributed by atoms with Crippen molar-refractivity contribution in [2.24, 2.45) is 0 Å². The molecule has 1 aliphatic rings. The van der Waals surface area contributed by atoms with Gasteiger partial charge in [-0.1, -0.05) is 48.5 Å². The Morgan fingerprint density at radius 3 is 2.15 bits per heavy atom. The molecule has 2 aromatic carbocycles. The van der Waals surface area contributed by atoms with E-state index in [1.54, 1.807) is 6.92 Å². The normalized spacial score (nSPS) is 13.5. The quantitative estimate of drug-likeness (QED) is 0.564. The molecule has 0 saturated carbocycles. The molecule has 0 heterocycles. The van der Waals surface area contributed by atoms with Crippen molar-refractivity contribution in [1.29, 1.82) is 0 Å². The lowest BCUT2D eigenvalue weighted by Crippen LogP contribution is -2.42. The smallest absolute Gasteiger partial charge is 0.407 e. The molecule has 0 bridgehead atoms. The van der Waals surface area contributed by atoms with Crippen molar-refractivity contribution in [3.63, 3.8) is 0 Å². The highest BCUT2D eigenvalue weighted by Crippen LogP contribution is 2.44. The fourth-order valence-electron chi connectivity index (χ4n) is 4.02. The molecule has 3 rings (SSSR count). The predicted octanol–water partition coefficient (Wildman–Crippen LogP) is 4.17. The number of hydrogen-bond acceptors (Lipinski definition) is 4. The number of ether oxygens (including phenoxy) is 1. The third-order valence-electron chi connectivity index (χ3n) is 5.55. The number of amides is 2. The SMILES string of the molecule is CC(CCC(=O)N(CC(=O)O)CC(F)(F)F)NC(=O)OCC1c2ccccc2-c2ccccc21. The molecular weight excluding hydrogens is 453 g/mol. The minimum absolute atomic E-state index is 0.0248. The van der Waals surface area contributed by atoms with E-state index in [-0.39, 0.29) is 30.3 Å². The summed E-state index contributed by atoms with van der Waals surface area (Å²) >= 11 is 0. The Bertz CT molecular complexity index is 1010. The summed E-state index contributed by atoms with van der Waals surface area (Å²) in [4.78, 5) is 35.4. The fraction of sp³-hybridized carbons (Fsp3) is 0.375. The molecule has 34 heavy (non-hydrogen) atoms. The van der Waals surface area contributed by atoms with E-state index in [1.165, 1.54) is 0 Å². The van der Waals surface area contributed by atoms with Gasteiger partial charge in [-0.05, 0) is 35.6 Å². The summed E-state index contributed by atoms with van der Waals surface area (Å²) in [7, 11) is 0. The molecule has 0 aliphatic heterocycles. The lowest BCUT2D eigenvalue weighted by Gasteiger charge is -2.23. The number of alkyl halides is 3. The van der Waals surface area contributed by atoms with Crippen LogP contribution in [0.25, 0.3) is 11.1 Å². The molecule has 182 valence electrons. The number of fused-ring (bicyclic) bond motifs is 3. The number of carboxylic acids is 1. The summed E-state index contributed by atoms with van der Waals surface area (Å²) in [5.74, 6) is -2.62. The summed E-state index contributed by atoms with van der Waals surface area (Å²) in [5.41, 5.74) is 4.28. The Morgan fingerprint density at radius 1 is 1.06 bits per heavy atom. The van der Waals surface area contributed by atoms with Crippen molar-refractivity contribution in [2.45, 2.75) is 37.9 Å². The molecule has 10 heteroatoms. The van der Waals surface area contributed by atoms with E-state index in [0.717, 1.165) is 22.3 Å². The molecule has 7 nitrogen and oxygen atoms in total. The van der Waals surface area contributed by atoms with E-state index in [9.17, 15) is 27.6 Å². The van der Waals surface area contributed by atoms with Crippen LogP contribution in [0.15, 0.2) is 48.5 Å². The summed E-state index contributed by atoms with van der Waals surface area (Å²) in [6, 6.07) is 15.2. The maximum Gasteiger partial charge on any atom is 0.407 e. The minimum Gasteiger partial charge on any atom is -0.480 e. The van der Waals surface area contributed by atoms with Gasteiger partial charge in [-0.15, -0.1) is 0 Å². The average Bonchev–Trinajstić information content (AvgIpc) is 3.08. The Balaban J connectivity index is 1.51. The van der Waals surface area contributed by atoms with Crippen LogP contribution in [0.2, 0.25) is 0 Å². The molecule has 2 aromatic rings. The number of benzene rings is 2. The van der Waals surface area contributed by atoms with Crippen molar-refractivity contribution in [2.75, 3.05) is 19.7 Å². The Labute approximate surface area is 194 Å². The molecule has 2 N–H and O–H groups in total. The highest BCUT2D eigenvalue weighted by Gasteiger charge is 2.34. The van der Waals surface area contributed by atoms with Crippen LogP contribution in [0.3, 0.4) is 0 Å². The van der Waals surface area contributed by atoms with Crippen LogP contribution in [0.4, 0.5) is 18.0 Å². The van der Waals surface area contributed by atoms with Gasteiger partial charge in [0, 0.05) is 18.4 Å². The first-order valence-electron chi connectivity index (χ1n) is 10.7. The van der Waals surface area contributed by atoms with Gasteiger partial charge >= 0.3 is 18.2 Å². The van der Waals surface area contributed by atoms with E-state index in [2.05, 4.69) is 5.32 Å². The molecule has 0 aromatic heterocycles. The standard InChI is InChI=1S/C24H25F3N2O5/c1-15(10-11-21(30)29(12-22(31)32)14-24(25,26)27)28-23(33)34-13-20-18-8-4-2-6-16(18)17-7-3-5-9-19(17)20/h2-9,15,20H,10-14H2,1H3,(H,28,33)(H,31,32). The van der Waals surface area contributed by atoms with Crippen LogP contribution < -0.4 is 5.32 Å². The van der Waals surface area contributed by atoms with Crippen LogP contribution in [0.1, 0.15) is 36.8 Å². The van der Waals surface area contributed by atoms with E-state index >= 15 is 0 Å². The van der Waals surface area contributed by atoms with Gasteiger partial charge in [0.2, 0.25) is 5.91 Å². The zero-order valence-corrected chi connectivity index (χ0v) is 18.5. The van der Waals surface area contributed by atoms with Crippen LogP contribution in [0, 0.1) is 0 Å². The summed E-state index contributed by atoms with van der Waals surface area (Å²) in [6.45, 7) is -1.01. The van der Waals surface area contributed by atoms with Crippen molar-refractivity contribution in [1.82, 2.24) is 10.2 Å². The van der Waals surface area contributed by atoms with Gasteiger partial charge in [0.05, 0.1) is 0 Å². The molecule has 0 fully saturated rings. The van der Waals surface area contributed by atoms with E-state index in [1.807, 2.05) is 48.5 Å². The molecule has 0 radical (unpaired) electrons. The first-order valence-corrected chi connectivity index (χ1v) is 10.7. The molecular formula is C24H25F3N2O5. The zero-order valence-electron chi connectivity index (χ0n) is 18.5. The van der Waals surface area contributed by atoms with Crippen LogP contribution in [-0.4, -0.2) is 59.9 Å². The third-order valence-corrected chi connectivity index (χ3v) is 5.55. The maximum absolute atomic E-state index is 12.6. The number of halogens is 3. The number of nitrogens with one attached hydrogen (secondary N) is 1. The second kappa shape index (κ2) is 10.6. The highest BCUT2D eigenvalue weighted by molar-refractivity contribution is 5.81. The molecule has 0 spiro atoms. The van der Waals surface area contributed by atoms with Crippen molar-refractivity contribution in [3.8, 4) is 11.1 Å². The van der Waals surface area contributed by atoms with Crippen molar-refractivity contribution < 1.29 is 37.4 Å². The first-order chi connectivity index (χ1) is 16.0. The summed E-state index contributed by atoms with van der Waals surface area (Å²) in [5, 5.41) is 11.3. The van der Waals surface area contributed by atoms with Gasteiger partial charge < -0.3 is 20.1 Å². The van der Waals surface area contributed by atoms with Crippen molar-refractivity contribution in [3.05, 3.63) is 59.7 Å². The fourth-order valence-corrected chi connectivity index (χ4v) is 4.02. The number of carbonyl (C=O) groups excluding carboxylic acids is 2. The number of nitrogens with zero attached hydrogens (tertiary/aromatic N) is 1. The van der Waals surface area contributed by atoms with Gasteiger partial charge in [0.1, 0.15) is 19.7 Å². The topological polar surface area (TPSA) is 95.9 Å². The zero-order chi connectivity index (χ0) is 24.9. The molecule has 0 saturated heterocycles. The van der Waals surface area contributed by atoms with Crippen molar-refractivity contribution >= 4 is 18.0 Å². The Kier molecular flexibility index (Phi) is 7.80. The second-order valence-corrected chi connectivity index (χ2v) is 8.17. The Morgan fingerprint density at radius 2 is 1.62 bits per heavy atom. The van der Waals surface area contributed by atoms with Crippen LogP contribution in [-0.2, 0) is 14.3 Å². The van der Waals surface area contributed by atoms with E-state index in [4.69, 9.17) is 9.84 Å². The summed E-state index contributed by atoms with van der Waals surface area (Å²) < 4.78 is 43.3. The van der Waals surface area contributed by atoms with Gasteiger partial charge in [0.15, 0.2) is 0 Å². The lowest BCUT2D eigenvalue weighted by molar-refractivity contribution is -0.165. The summed E-state index contributed by atoms with van der Waals surface area (Å²) in [6.07, 6.45) is -5.75. The monoisotopic (exact) mass is 478 g/mol.